The lowest BCUT2D eigenvalue weighted by atomic mass is 9.99. The van der Waals surface area contributed by atoms with E-state index in [1.807, 2.05) is 12.1 Å². The second-order valence-corrected chi connectivity index (χ2v) is 6.32. The summed E-state index contributed by atoms with van der Waals surface area (Å²) in [6.07, 6.45) is 2.27. The Morgan fingerprint density at radius 3 is 3.00 bits per heavy atom. The van der Waals surface area contributed by atoms with Crippen molar-refractivity contribution in [3.63, 3.8) is 0 Å². The molecule has 0 bridgehead atoms. The second-order valence-electron chi connectivity index (χ2n) is 6.32. The number of hydrogen-bond acceptors (Lipinski definition) is 5. The van der Waals surface area contributed by atoms with Gasteiger partial charge in [0.05, 0.1) is 5.56 Å². The highest BCUT2D eigenvalue weighted by molar-refractivity contribution is 5.52. The zero-order valence-corrected chi connectivity index (χ0v) is 13.5. The van der Waals surface area contributed by atoms with Gasteiger partial charge in [0, 0.05) is 31.9 Å². The van der Waals surface area contributed by atoms with E-state index in [0.717, 1.165) is 44.7 Å². The van der Waals surface area contributed by atoms with Crippen LogP contribution < -0.4 is 5.32 Å². The highest BCUT2D eigenvalue weighted by Crippen LogP contribution is 2.19. The Kier molecular flexibility index (Phi) is 6.17. The topological polar surface area (TPSA) is 72.2 Å². The van der Waals surface area contributed by atoms with Crippen LogP contribution in [0.5, 0.6) is 0 Å². The molecule has 0 saturated carbocycles. The van der Waals surface area contributed by atoms with E-state index >= 15 is 0 Å². The molecule has 2 N–H and O–H groups in total. The van der Waals surface area contributed by atoms with Crippen molar-refractivity contribution in [2.24, 2.45) is 5.92 Å². The fourth-order valence-electron chi connectivity index (χ4n) is 2.86. The molecule has 5 heteroatoms. The maximum absolute atomic E-state index is 9.27. The summed E-state index contributed by atoms with van der Waals surface area (Å²) in [6, 6.07) is 5.96. The van der Waals surface area contributed by atoms with Crippen LogP contribution in [0.25, 0.3) is 0 Å². The average Bonchev–Trinajstić information content (AvgIpc) is 2.55. The maximum Gasteiger partial charge on any atom is 0.144 e. The first-order valence-electron chi connectivity index (χ1n) is 8.12. The van der Waals surface area contributed by atoms with Crippen molar-refractivity contribution in [3.8, 4) is 6.07 Å². The molecule has 1 aliphatic rings. The predicted octanol–water partition coefficient (Wildman–Crippen LogP) is 2.19. The summed E-state index contributed by atoms with van der Waals surface area (Å²) < 4.78 is 0. The molecule has 5 nitrogen and oxygen atoms in total. The molecule has 120 valence electrons. The molecule has 1 aromatic rings. The number of nitriles is 1. The van der Waals surface area contributed by atoms with E-state index in [9.17, 15) is 10.4 Å². The molecule has 0 spiro atoms. The second kappa shape index (κ2) is 8.11. The van der Waals surface area contributed by atoms with E-state index in [4.69, 9.17) is 0 Å². The van der Waals surface area contributed by atoms with Crippen LogP contribution in [0.15, 0.2) is 12.1 Å². The minimum absolute atomic E-state index is 0.278. The molecule has 0 radical (unpaired) electrons. The molecule has 1 unspecified atom stereocenters. The molecule has 1 atom stereocenters. The predicted molar refractivity (Wildman–Crippen MR) is 87.8 cm³/mol. The van der Waals surface area contributed by atoms with Crippen molar-refractivity contribution in [2.45, 2.75) is 32.6 Å². The third-order valence-electron chi connectivity index (χ3n) is 4.21. The smallest absolute Gasteiger partial charge is 0.144 e. The molecule has 0 amide bonds. The number of aliphatic hydroxyl groups is 1. The Bertz CT molecular complexity index is 524. The maximum atomic E-state index is 9.27. The summed E-state index contributed by atoms with van der Waals surface area (Å²) in [4.78, 5) is 6.94. The summed E-state index contributed by atoms with van der Waals surface area (Å²) in [5.41, 5.74) is 1.59. The number of nitrogens with one attached hydrogen (secondary N) is 1. The van der Waals surface area contributed by atoms with Gasteiger partial charge in [0.15, 0.2) is 0 Å². The Morgan fingerprint density at radius 2 is 2.32 bits per heavy atom. The number of piperidine rings is 1. The van der Waals surface area contributed by atoms with Gasteiger partial charge in [-0.05, 0) is 43.4 Å². The van der Waals surface area contributed by atoms with Crippen LogP contribution in [0.4, 0.5) is 5.82 Å². The van der Waals surface area contributed by atoms with Crippen molar-refractivity contribution < 1.29 is 5.11 Å². The molecule has 0 aliphatic carbocycles. The number of nitrogens with zero attached hydrogens (tertiary/aromatic N) is 3. The van der Waals surface area contributed by atoms with Gasteiger partial charge in [0.25, 0.3) is 0 Å². The number of likely N-dealkylation sites (tertiary alicyclic amines) is 1. The molecule has 2 rings (SSSR count). The van der Waals surface area contributed by atoms with Crippen LogP contribution in [-0.2, 0) is 0 Å². The normalized spacial score (nSPS) is 19.1. The van der Waals surface area contributed by atoms with E-state index in [1.165, 1.54) is 0 Å². The van der Waals surface area contributed by atoms with E-state index in [0.29, 0.717) is 23.2 Å². The van der Waals surface area contributed by atoms with E-state index in [1.54, 1.807) is 0 Å². The first-order chi connectivity index (χ1) is 10.6. The van der Waals surface area contributed by atoms with Crippen molar-refractivity contribution in [1.29, 1.82) is 5.26 Å². The fraction of sp³-hybridized carbons (Fsp3) is 0.647. The minimum atomic E-state index is 0.278. The Labute approximate surface area is 133 Å². The van der Waals surface area contributed by atoms with Crippen LogP contribution in [0, 0.1) is 17.2 Å². The highest BCUT2D eigenvalue weighted by Gasteiger charge is 2.18. The van der Waals surface area contributed by atoms with E-state index in [-0.39, 0.29) is 6.61 Å². The van der Waals surface area contributed by atoms with Gasteiger partial charge in [0.2, 0.25) is 0 Å². The molecule has 1 saturated heterocycles. The van der Waals surface area contributed by atoms with Gasteiger partial charge in [-0.1, -0.05) is 13.8 Å². The zero-order chi connectivity index (χ0) is 15.9. The number of aliphatic hydroxyl groups excluding tert-OH is 1. The van der Waals surface area contributed by atoms with Crippen molar-refractivity contribution >= 4 is 5.82 Å². The summed E-state index contributed by atoms with van der Waals surface area (Å²) in [5, 5.41) is 21.8. The highest BCUT2D eigenvalue weighted by atomic mass is 16.3. The summed E-state index contributed by atoms with van der Waals surface area (Å²) in [6.45, 7) is 8.20. The van der Waals surface area contributed by atoms with Gasteiger partial charge in [-0.3, -0.25) is 0 Å². The van der Waals surface area contributed by atoms with E-state index in [2.05, 4.69) is 35.1 Å². The lowest BCUT2D eigenvalue weighted by molar-refractivity contribution is 0.123. The largest absolute Gasteiger partial charge is 0.396 e. The van der Waals surface area contributed by atoms with E-state index < -0.39 is 0 Å². The zero-order valence-electron chi connectivity index (χ0n) is 13.5. The van der Waals surface area contributed by atoms with Gasteiger partial charge >= 0.3 is 0 Å². The summed E-state index contributed by atoms with van der Waals surface area (Å²) in [5.74, 6) is 1.44. The molecule has 1 fully saturated rings. The van der Waals surface area contributed by atoms with Gasteiger partial charge in [0.1, 0.15) is 11.9 Å². The molecule has 1 aromatic heterocycles. The third kappa shape index (κ3) is 4.43. The molecule has 1 aliphatic heterocycles. The van der Waals surface area contributed by atoms with Crippen LogP contribution >= 0.6 is 0 Å². The minimum Gasteiger partial charge on any atom is -0.396 e. The van der Waals surface area contributed by atoms with Crippen molar-refractivity contribution in [2.75, 3.05) is 38.1 Å². The Morgan fingerprint density at radius 1 is 1.50 bits per heavy atom. The fourth-order valence-corrected chi connectivity index (χ4v) is 2.86. The standard InChI is InChI=1S/C17H26N4O/c1-13(2)16-6-5-15(10-18)17(20-16)19-7-9-21-8-3-4-14(11-21)12-22/h5-6,13-14,22H,3-4,7-9,11-12H2,1-2H3,(H,19,20). The number of pyridine rings is 1. The Hall–Kier alpha value is -1.64. The lowest BCUT2D eigenvalue weighted by Gasteiger charge is -2.31. The number of anilines is 1. The van der Waals surface area contributed by atoms with Crippen LogP contribution in [0.2, 0.25) is 0 Å². The van der Waals surface area contributed by atoms with Crippen LogP contribution in [0.1, 0.15) is 43.9 Å². The molecule has 0 aromatic carbocycles. The third-order valence-corrected chi connectivity index (χ3v) is 4.21. The molecule has 22 heavy (non-hydrogen) atoms. The number of hydrogen-bond donors (Lipinski definition) is 2. The van der Waals surface area contributed by atoms with Gasteiger partial charge < -0.3 is 15.3 Å². The lowest BCUT2D eigenvalue weighted by Crippen LogP contribution is -2.39. The van der Waals surface area contributed by atoms with Crippen molar-refractivity contribution in [3.05, 3.63) is 23.4 Å². The summed E-state index contributed by atoms with van der Waals surface area (Å²) >= 11 is 0. The molecular weight excluding hydrogens is 276 g/mol. The summed E-state index contributed by atoms with van der Waals surface area (Å²) in [7, 11) is 0. The number of aromatic nitrogens is 1. The van der Waals surface area contributed by atoms with Crippen LogP contribution in [-0.4, -0.2) is 47.8 Å². The number of rotatable bonds is 6. The molecule has 2 heterocycles. The SMILES string of the molecule is CC(C)c1ccc(C#N)c(NCCN2CCCC(CO)C2)n1. The van der Waals surface area contributed by atoms with Gasteiger partial charge in [-0.2, -0.15) is 5.26 Å². The average molecular weight is 302 g/mol. The first kappa shape index (κ1) is 16.7. The Balaban J connectivity index is 1.91. The molecular formula is C17H26N4O. The first-order valence-corrected chi connectivity index (χ1v) is 8.12. The quantitative estimate of drug-likeness (QED) is 0.843. The monoisotopic (exact) mass is 302 g/mol. The van der Waals surface area contributed by atoms with Crippen LogP contribution in [0.3, 0.4) is 0 Å². The van der Waals surface area contributed by atoms with Gasteiger partial charge in [-0.15, -0.1) is 0 Å². The van der Waals surface area contributed by atoms with Crippen molar-refractivity contribution in [1.82, 2.24) is 9.88 Å². The van der Waals surface area contributed by atoms with Gasteiger partial charge in [-0.25, -0.2) is 4.98 Å².